The van der Waals surface area contributed by atoms with Crippen molar-refractivity contribution >= 4 is 5.97 Å². The summed E-state index contributed by atoms with van der Waals surface area (Å²) in [6, 6.07) is 0.0772. The van der Waals surface area contributed by atoms with Gasteiger partial charge in [0.25, 0.3) is 0 Å². The number of carboxylic acids is 1. The van der Waals surface area contributed by atoms with Crippen molar-refractivity contribution in [3.8, 4) is 0 Å². The molecule has 5 heteroatoms. The van der Waals surface area contributed by atoms with Crippen molar-refractivity contribution in [2.75, 3.05) is 13.1 Å². The molecular weight excluding hydrogens is 218 g/mol. The first-order valence-corrected chi connectivity index (χ1v) is 6.11. The van der Waals surface area contributed by atoms with Crippen molar-refractivity contribution < 1.29 is 9.90 Å². The van der Waals surface area contributed by atoms with E-state index in [1.165, 1.54) is 12.8 Å². The van der Waals surface area contributed by atoms with Gasteiger partial charge in [-0.05, 0) is 39.8 Å². The summed E-state index contributed by atoms with van der Waals surface area (Å²) < 4.78 is 1.59. The zero-order valence-electron chi connectivity index (χ0n) is 10.4. The summed E-state index contributed by atoms with van der Waals surface area (Å²) in [6.45, 7) is 6.71. The van der Waals surface area contributed by atoms with Gasteiger partial charge in [0.05, 0.1) is 6.20 Å². The predicted octanol–water partition coefficient (Wildman–Crippen LogP) is 1.76. The Balaban J connectivity index is 2.23. The van der Waals surface area contributed by atoms with Gasteiger partial charge in [-0.2, -0.15) is 5.10 Å². The van der Waals surface area contributed by atoms with Crippen molar-refractivity contribution in [1.82, 2.24) is 14.7 Å². The largest absolute Gasteiger partial charge is 0.477 e. The number of likely N-dealkylation sites (tertiary alicyclic amines) is 1. The molecule has 94 valence electrons. The van der Waals surface area contributed by atoms with Crippen molar-refractivity contribution in [1.29, 1.82) is 0 Å². The smallest absolute Gasteiger partial charge is 0.354 e. The molecule has 2 heterocycles. The molecule has 1 aliphatic heterocycles. The van der Waals surface area contributed by atoms with E-state index in [1.54, 1.807) is 10.9 Å². The molecule has 2 rings (SSSR count). The molecule has 0 aliphatic carbocycles. The average molecular weight is 237 g/mol. The summed E-state index contributed by atoms with van der Waals surface area (Å²) in [7, 11) is 0. The highest BCUT2D eigenvalue weighted by Gasteiger charge is 2.22. The van der Waals surface area contributed by atoms with Crippen molar-refractivity contribution in [3.05, 3.63) is 17.5 Å². The van der Waals surface area contributed by atoms with Gasteiger partial charge >= 0.3 is 5.97 Å². The quantitative estimate of drug-likeness (QED) is 0.866. The van der Waals surface area contributed by atoms with Crippen LogP contribution in [0.2, 0.25) is 0 Å². The molecule has 1 aliphatic rings. The second kappa shape index (κ2) is 4.87. The molecule has 1 fully saturated rings. The lowest BCUT2D eigenvalue weighted by molar-refractivity contribution is 0.0678. The Hall–Kier alpha value is -1.36. The summed E-state index contributed by atoms with van der Waals surface area (Å²) in [5.74, 6) is -0.884. The SMILES string of the molecule is CC(C)n1ncc(CN2CCCC2)c1C(=O)O. The molecule has 0 radical (unpaired) electrons. The number of hydrogen-bond acceptors (Lipinski definition) is 3. The fourth-order valence-electron chi connectivity index (χ4n) is 2.32. The van der Waals surface area contributed by atoms with E-state index in [9.17, 15) is 9.90 Å². The molecule has 0 aromatic carbocycles. The zero-order valence-corrected chi connectivity index (χ0v) is 10.4. The van der Waals surface area contributed by atoms with Gasteiger partial charge in [0, 0.05) is 18.2 Å². The molecule has 1 aromatic rings. The van der Waals surface area contributed by atoms with Crippen LogP contribution in [0.4, 0.5) is 0 Å². The lowest BCUT2D eigenvalue weighted by atomic mass is 10.2. The van der Waals surface area contributed by atoms with Crippen LogP contribution in [0.3, 0.4) is 0 Å². The molecule has 1 N–H and O–H groups in total. The number of aromatic carboxylic acids is 1. The monoisotopic (exact) mass is 237 g/mol. The Morgan fingerprint density at radius 2 is 2.12 bits per heavy atom. The van der Waals surface area contributed by atoms with Gasteiger partial charge in [0.15, 0.2) is 5.69 Å². The number of carboxylic acid groups (broad SMARTS) is 1. The summed E-state index contributed by atoms with van der Waals surface area (Å²) in [4.78, 5) is 13.6. The van der Waals surface area contributed by atoms with Crippen LogP contribution in [0.5, 0.6) is 0 Å². The first-order valence-electron chi connectivity index (χ1n) is 6.11. The van der Waals surface area contributed by atoms with E-state index in [1.807, 2.05) is 13.8 Å². The third kappa shape index (κ3) is 2.49. The first-order chi connectivity index (χ1) is 8.09. The fourth-order valence-corrected chi connectivity index (χ4v) is 2.32. The molecule has 0 unspecified atom stereocenters. The van der Waals surface area contributed by atoms with Crippen LogP contribution in [0.25, 0.3) is 0 Å². The van der Waals surface area contributed by atoms with E-state index in [-0.39, 0.29) is 6.04 Å². The molecule has 0 atom stereocenters. The number of nitrogens with zero attached hydrogens (tertiary/aromatic N) is 3. The molecule has 0 spiro atoms. The molecule has 0 saturated carbocycles. The zero-order chi connectivity index (χ0) is 12.4. The number of aromatic nitrogens is 2. The third-order valence-corrected chi connectivity index (χ3v) is 3.16. The maximum absolute atomic E-state index is 11.3. The van der Waals surface area contributed by atoms with E-state index in [0.29, 0.717) is 12.2 Å². The van der Waals surface area contributed by atoms with Crippen LogP contribution < -0.4 is 0 Å². The lowest BCUT2D eigenvalue weighted by Gasteiger charge is -2.14. The van der Waals surface area contributed by atoms with Crippen LogP contribution in [0.15, 0.2) is 6.20 Å². The summed E-state index contributed by atoms with van der Waals surface area (Å²) in [5.41, 5.74) is 1.17. The second-order valence-corrected chi connectivity index (χ2v) is 4.85. The first kappa shape index (κ1) is 12.1. The second-order valence-electron chi connectivity index (χ2n) is 4.85. The molecule has 17 heavy (non-hydrogen) atoms. The normalized spacial score (nSPS) is 16.9. The van der Waals surface area contributed by atoms with Gasteiger partial charge in [-0.3, -0.25) is 9.58 Å². The molecule has 0 bridgehead atoms. The minimum atomic E-state index is -0.884. The topological polar surface area (TPSA) is 58.4 Å². The van der Waals surface area contributed by atoms with Crippen molar-refractivity contribution in [3.63, 3.8) is 0 Å². The average Bonchev–Trinajstić information content (AvgIpc) is 2.86. The maximum Gasteiger partial charge on any atom is 0.354 e. The van der Waals surface area contributed by atoms with Gasteiger partial charge < -0.3 is 5.11 Å². The highest BCUT2D eigenvalue weighted by molar-refractivity contribution is 5.87. The van der Waals surface area contributed by atoms with Gasteiger partial charge in [0.1, 0.15) is 0 Å². The standard InChI is InChI=1S/C12H19N3O2/c1-9(2)15-11(12(16)17)10(7-13-15)8-14-5-3-4-6-14/h7,9H,3-6,8H2,1-2H3,(H,16,17). The Kier molecular flexibility index (Phi) is 3.47. The minimum Gasteiger partial charge on any atom is -0.477 e. The van der Waals surface area contributed by atoms with Crippen LogP contribution in [0.1, 0.15) is 48.8 Å². The van der Waals surface area contributed by atoms with Crippen LogP contribution in [0, 0.1) is 0 Å². The highest BCUT2D eigenvalue weighted by atomic mass is 16.4. The van der Waals surface area contributed by atoms with Gasteiger partial charge in [-0.15, -0.1) is 0 Å². The number of hydrogen-bond donors (Lipinski definition) is 1. The Morgan fingerprint density at radius 1 is 1.47 bits per heavy atom. The van der Waals surface area contributed by atoms with Crippen LogP contribution >= 0.6 is 0 Å². The van der Waals surface area contributed by atoms with E-state index >= 15 is 0 Å². The molecule has 1 saturated heterocycles. The van der Waals surface area contributed by atoms with Gasteiger partial charge in [-0.25, -0.2) is 4.79 Å². The number of carbonyl (C=O) groups is 1. The van der Waals surface area contributed by atoms with Crippen molar-refractivity contribution in [2.24, 2.45) is 0 Å². The third-order valence-electron chi connectivity index (χ3n) is 3.16. The van der Waals surface area contributed by atoms with Crippen LogP contribution in [-0.2, 0) is 6.54 Å². The van der Waals surface area contributed by atoms with E-state index in [2.05, 4.69) is 10.00 Å². The molecule has 5 nitrogen and oxygen atoms in total. The summed E-state index contributed by atoms with van der Waals surface area (Å²) in [6.07, 6.45) is 4.11. The Labute approximate surface area is 101 Å². The molecular formula is C12H19N3O2. The Bertz CT molecular complexity index is 406. The summed E-state index contributed by atoms with van der Waals surface area (Å²) >= 11 is 0. The molecule has 1 aromatic heterocycles. The van der Waals surface area contributed by atoms with Gasteiger partial charge in [0.2, 0.25) is 0 Å². The molecule has 0 amide bonds. The Morgan fingerprint density at radius 3 is 2.65 bits per heavy atom. The van der Waals surface area contributed by atoms with Gasteiger partial charge in [-0.1, -0.05) is 0 Å². The van der Waals surface area contributed by atoms with Crippen molar-refractivity contribution in [2.45, 2.75) is 39.3 Å². The maximum atomic E-state index is 11.3. The van der Waals surface area contributed by atoms with E-state index < -0.39 is 5.97 Å². The minimum absolute atomic E-state index is 0.0772. The lowest BCUT2D eigenvalue weighted by Crippen LogP contribution is -2.21. The van der Waals surface area contributed by atoms with E-state index in [4.69, 9.17) is 0 Å². The highest BCUT2D eigenvalue weighted by Crippen LogP contribution is 2.18. The summed E-state index contributed by atoms with van der Waals surface area (Å²) in [5, 5.41) is 13.5. The predicted molar refractivity (Wildman–Crippen MR) is 64.1 cm³/mol. The number of rotatable bonds is 4. The van der Waals surface area contributed by atoms with Crippen LogP contribution in [-0.4, -0.2) is 38.8 Å². The fraction of sp³-hybridized carbons (Fsp3) is 0.667. The van der Waals surface area contributed by atoms with E-state index in [0.717, 1.165) is 18.7 Å².